The van der Waals surface area contributed by atoms with Gasteiger partial charge in [0, 0.05) is 18.5 Å². The summed E-state index contributed by atoms with van der Waals surface area (Å²) in [6.45, 7) is 1.17. The summed E-state index contributed by atoms with van der Waals surface area (Å²) in [6.07, 6.45) is 1.83. The highest BCUT2D eigenvalue weighted by Crippen LogP contribution is 2.31. The normalized spacial score (nSPS) is 19.6. The van der Waals surface area contributed by atoms with Gasteiger partial charge in [-0.15, -0.1) is 5.11 Å². The number of benzene rings is 1. The van der Waals surface area contributed by atoms with Crippen LogP contribution in [0.4, 0.5) is 5.00 Å². The van der Waals surface area contributed by atoms with Crippen LogP contribution < -0.4 is 0 Å². The predicted molar refractivity (Wildman–Crippen MR) is 80.6 cm³/mol. The zero-order valence-electron chi connectivity index (χ0n) is 11.7. The first-order valence-electron chi connectivity index (χ1n) is 7.13. The van der Waals surface area contributed by atoms with Gasteiger partial charge in [-0.3, -0.25) is 9.59 Å². The Bertz CT molecular complexity index is 762. The van der Waals surface area contributed by atoms with Crippen molar-refractivity contribution in [2.24, 2.45) is 10.2 Å². The molecule has 2 saturated heterocycles. The number of hydrazine groups is 1. The summed E-state index contributed by atoms with van der Waals surface area (Å²) in [5, 5.41) is 12.6. The first-order chi connectivity index (χ1) is 10.8. The number of carbonyl (C=O) groups excluding carboxylic acids is 2. The second-order valence-electron chi connectivity index (χ2n) is 5.25. The van der Waals surface area contributed by atoms with Crippen molar-refractivity contribution >= 4 is 39.3 Å². The fourth-order valence-corrected chi connectivity index (χ4v) is 3.47. The lowest BCUT2D eigenvalue weighted by Gasteiger charge is -2.31. The molecule has 0 atom stereocenters. The minimum atomic E-state index is -1.04. The number of rotatable bonds is 2. The minimum Gasteiger partial charge on any atom is -0.270 e. The van der Waals surface area contributed by atoms with Gasteiger partial charge in [0.15, 0.2) is 5.00 Å². The number of hydrogen-bond acceptors (Lipinski definition) is 6. The molecule has 2 fully saturated rings. The molecular formula is C14H13N5O2S. The molecule has 0 saturated carbocycles. The Balaban J connectivity index is 1.63. The van der Waals surface area contributed by atoms with Crippen LogP contribution in [-0.4, -0.2) is 45.3 Å². The van der Waals surface area contributed by atoms with E-state index in [4.69, 9.17) is 0 Å². The molecule has 0 bridgehead atoms. The van der Waals surface area contributed by atoms with E-state index in [1.54, 1.807) is 0 Å². The summed E-state index contributed by atoms with van der Waals surface area (Å²) in [6, 6.07) is 6.55. The van der Waals surface area contributed by atoms with Crippen LogP contribution in [0.25, 0.3) is 10.9 Å². The second kappa shape index (κ2) is 5.13. The Morgan fingerprint density at radius 3 is 2.50 bits per heavy atom. The van der Waals surface area contributed by atoms with Gasteiger partial charge in [0.2, 0.25) is 6.04 Å². The molecular weight excluding hydrogens is 302 g/mol. The summed E-state index contributed by atoms with van der Waals surface area (Å²) >= 11 is 1.21. The molecule has 4 rings (SSSR count). The Morgan fingerprint density at radius 1 is 1.09 bits per heavy atom. The van der Waals surface area contributed by atoms with Crippen molar-refractivity contribution in [2.45, 2.75) is 18.9 Å². The van der Waals surface area contributed by atoms with Crippen LogP contribution in [0.2, 0.25) is 0 Å². The van der Waals surface area contributed by atoms with Crippen LogP contribution in [0.3, 0.4) is 0 Å². The molecule has 2 amide bonds. The number of hydrogen-bond donors (Lipinski definition) is 0. The molecule has 0 N–H and O–H groups in total. The van der Waals surface area contributed by atoms with Crippen LogP contribution in [0.5, 0.6) is 0 Å². The molecule has 2 aliphatic heterocycles. The van der Waals surface area contributed by atoms with Crippen molar-refractivity contribution < 1.29 is 9.59 Å². The van der Waals surface area contributed by atoms with Crippen LogP contribution in [-0.2, 0) is 9.59 Å². The maximum absolute atomic E-state index is 12.3. The maximum Gasteiger partial charge on any atom is 0.277 e. The van der Waals surface area contributed by atoms with Crippen LogP contribution in [0, 0.1) is 0 Å². The second-order valence-corrected chi connectivity index (χ2v) is 6.00. The van der Waals surface area contributed by atoms with E-state index in [1.165, 1.54) is 21.6 Å². The molecule has 2 aromatic rings. The molecule has 0 spiro atoms. The molecule has 112 valence electrons. The summed E-state index contributed by atoms with van der Waals surface area (Å²) in [5.74, 6) is -0.551. The first kappa shape index (κ1) is 13.3. The standard InChI is InChI=1S/C14H13N5O2S/c20-13-11(14(21)19-8-4-3-7-18(13)19)15-16-12-9-5-1-2-6-10(9)17-22-12/h1-2,5-6,11H,3-4,7-8H2. The van der Waals surface area contributed by atoms with Gasteiger partial charge in [-0.1, -0.05) is 12.1 Å². The number of carbonyl (C=O) groups is 2. The number of fused-ring (bicyclic) bond motifs is 2. The smallest absolute Gasteiger partial charge is 0.270 e. The monoisotopic (exact) mass is 315 g/mol. The van der Waals surface area contributed by atoms with Gasteiger partial charge >= 0.3 is 0 Å². The molecule has 0 radical (unpaired) electrons. The zero-order chi connectivity index (χ0) is 15.1. The van der Waals surface area contributed by atoms with E-state index in [-0.39, 0.29) is 11.8 Å². The van der Waals surface area contributed by atoms with Gasteiger partial charge in [0.25, 0.3) is 11.8 Å². The SMILES string of the molecule is O=C1C(N=Nc2snc3ccccc23)C(=O)N2CCCCN12. The first-order valence-corrected chi connectivity index (χ1v) is 7.91. The molecule has 22 heavy (non-hydrogen) atoms. The quantitative estimate of drug-likeness (QED) is 0.629. The van der Waals surface area contributed by atoms with E-state index in [9.17, 15) is 9.59 Å². The average Bonchev–Trinajstić information content (AvgIpc) is 3.07. The van der Waals surface area contributed by atoms with E-state index in [1.807, 2.05) is 24.3 Å². The number of aromatic nitrogens is 1. The minimum absolute atomic E-state index is 0.276. The van der Waals surface area contributed by atoms with Crippen LogP contribution in [0.15, 0.2) is 34.5 Å². The van der Waals surface area contributed by atoms with Gasteiger partial charge in [-0.05, 0) is 36.5 Å². The van der Waals surface area contributed by atoms with Crippen molar-refractivity contribution in [1.29, 1.82) is 0 Å². The third-order valence-corrected chi connectivity index (χ3v) is 4.65. The highest BCUT2D eigenvalue weighted by molar-refractivity contribution is 7.11. The topological polar surface area (TPSA) is 78.2 Å². The maximum atomic E-state index is 12.3. The molecule has 1 aromatic carbocycles. The molecule has 0 aliphatic carbocycles. The molecule has 7 nitrogen and oxygen atoms in total. The zero-order valence-corrected chi connectivity index (χ0v) is 12.5. The Kier molecular flexibility index (Phi) is 3.11. The van der Waals surface area contributed by atoms with Crippen molar-refractivity contribution in [3.8, 4) is 0 Å². The fourth-order valence-electron chi connectivity index (χ4n) is 2.77. The molecule has 2 aliphatic rings. The summed E-state index contributed by atoms with van der Waals surface area (Å²) in [4.78, 5) is 24.5. The summed E-state index contributed by atoms with van der Waals surface area (Å²) in [5.41, 5.74) is 0.840. The molecule has 8 heteroatoms. The molecule has 0 unspecified atom stereocenters. The third-order valence-electron chi connectivity index (χ3n) is 3.89. The highest BCUT2D eigenvalue weighted by Gasteiger charge is 2.46. The van der Waals surface area contributed by atoms with Crippen molar-refractivity contribution in [3.63, 3.8) is 0 Å². The van der Waals surface area contributed by atoms with E-state index >= 15 is 0 Å². The molecule has 1 aromatic heterocycles. The van der Waals surface area contributed by atoms with Crippen molar-refractivity contribution in [1.82, 2.24) is 14.4 Å². The Hall–Kier alpha value is -2.35. The largest absolute Gasteiger partial charge is 0.277 e. The summed E-state index contributed by atoms with van der Waals surface area (Å²) < 4.78 is 4.27. The lowest BCUT2D eigenvalue weighted by molar-refractivity contribution is -0.150. The van der Waals surface area contributed by atoms with E-state index < -0.39 is 6.04 Å². The van der Waals surface area contributed by atoms with Crippen molar-refractivity contribution in [3.05, 3.63) is 24.3 Å². The van der Waals surface area contributed by atoms with Gasteiger partial charge in [0.05, 0.1) is 5.52 Å². The Labute approximate surface area is 130 Å². The van der Waals surface area contributed by atoms with Crippen LogP contribution >= 0.6 is 11.5 Å². The number of amides is 2. The van der Waals surface area contributed by atoms with Gasteiger partial charge in [-0.2, -0.15) is 9.49 Å². The highest BCUT2D eigenvalue weighted by atomic mass is 32.1. The van der Waals surface area contributed by atoms with Crippen molar-refractivity contribution in [2.75, 3.05) is 13.1 Å². The average molecular weight is 315 g/mol. The van der Waals surface area contributed by atoms with Crippen LogP contribution in [0.1, 0.15) is 12.8 Å². The third kappa shape index (κ3) is 1.98. The Morgan fingerprint density at radius 2 is 1.77 bits per heavy atom. The number of azo groups is 1. The lowest BCUT2D eigenvalue weighted by Crippen LogP contribution is -2.45. The van der Waals surface area contributed by atoms with Gasteiger partial charge in [0.1, 0.15) is 0 Å². The van der Waals surface area contributed by atoms with E-state index in [0.29, 0.717) is 18.1 Å². The fraction of sp³-hybridized carbons (Fsp3) is 0.357. The molecule has 3 heterocycles. The predicted octanol–water partition coefficient (Wildman–Crippen LogP) is 2.13. The van der Waals surface area contributed by atoms with Gasteiger partial charge in [-0.25, -0.2) is 10.0 Å². The van der Waals surface area contributed by atoms with E-state index in [2.05, 4.69) is 14.6 Å². The van der Waals surface area contributed by atoms with E-state index in [0.717, 1.165) is 23.7 Å². The van der Waals surface area contributed by atoms with Gasteiger partial charge < -0.3 is 0 Å². The number of nitrogens with zero attached hydrogens (tertiary/aromatic N) is 5. The summed E-state index contributed by atoms with van der Waals surface area (Å²) in [7, 11) is 0. The lowest BCUT2D eigenvalue weighted by atomic mass is 10.2.